The van der Waals surface area contributed by atoms with E-state index in [2.05, 4.69) is 10.6 Å². The third-order valence-electron chi connectivity index (χ3n) is 5.39. The van der Waals surface area contributed by atoms with E-state index >= 15 is 0 Å². The number of aryl methyl sites for hydroxylation is 3. The number of nitrogens with zero attached hydrogens (tertiary/aromatic N) is 1. The molecule has 9 nitrogen and oxygen atoms in total. The maximum absolute atomic E-state index is 13.8. The quantitative estimate of drug-likeness (QED) is 0.389. The first-order chi connectivity index (χ1) is 17.3. The summed E-state index contributed by atoms with van der Waals surface area (Å²) in [6.07, 6.45) is -0.900. The number of para-hydroxylation sites is 1. The monoisotopic (exact) mass is 533 g/mol. The van der Waals surface area contributed by atoms with Crippen molar-refractivity contribution in [2.24, 2.45) is 0 Å². The number of anilines is 1. The summed E-state index contributed by atoms with van der Waals surface area (Å²) in [5.74, 6) is -1.34. The van der Waals surface area contributed by atoms with Gasteiger partial charge in [0, 0.05) is 6.54 Å². The second kappa shape index (κ2) is 12.9. The van der Waals surface area contributed by atoms with Crippen molar-refractivity contribution in [3.8, 4) is 0 Å². The summed E-state index contributed by atoms with van der Waals surface area (Å²) in [6, 6.07) is 8.02. The van der Waals surface area contributed by atoms with E-state index in [0.717, 1.165) is 21.6 Å². The lowest BCUT2D eigenvalue weighted by Crippen LogP contribution is -2.54. The molecule has 2 unspecified atom stereocenters. The van der Waals surface area contributed by atoms with Crippen LogP contribution in [0.3, 0.4) is 0 Å². The Hall–Kier alpha value is -3.14. The van der Waals surface area contributed by atoms with Crippen LogP contribution in [0, 0.1) is 20.8 Å². The van der Waals surface area contributed by atoms with Crippen molar-refractivity contribution in [3.05, 3.63) is 63.7 Å². The molecule has 2 aromatic carbocycles. The molecule has 0 aliphatic rings. The highest BCUT2D eigenvalue weighted by molar-refractivity contribution is 6.34. The molecule has 4 N–H and O–H groups in total. The zero-order valence-electron chi connectivity index (χ0n) is 22.1. The van der Waals surface area contributed by atoms with Gasteiger partial charge >= 0.3 is 6.09 Å². The van der Waals surface area contributed by atoms with Crippen LogP contribution in [0.5, 0.6) is 0 Å². The van der Waals surface area contributed by atoms with E-state index in [0.29, 0.717) is 16.3 Å². The number of aliphatic hydroxyl groups excluding tert-OH is 2. The van der Waals surface area contributed by atoms with Crippen LogP contribution in [0.4, 0.5) is 10.5 Å². The van der Waals surface area contributed by atoms with Crippen molar-refractivity contribution in [1.29, 1.82) is 0 Å². The highest BCUT2D eigenvalue weighted by Crippen LogP contribution is 2.30. The number of rotatable bonds is 9. The molecular formula is C27H36ClN3O6. The molecule has 2 aromatic rings. The van der Waals surface area contributed by atoms with Gasteiger partial charge in [-0.3, -0.25) is 9.59 Å². The lowest BCUT2D eigenvalue weighted by Gasteiger charge is -2.34. The average molecular weight is 534 g/mol. The molecule has 10 heteroatoms. The number of alkyl carbamates (subject to hydrolysis) is 1. The molecular weight excluding hydrogens is 498 g/mol. The molecule has 0 aliphatic heterocycles. The lowest BCUT2D eigenvalue weighted by atomic mass is 9.98. The first-order valence-electron chi connectivity index (χ1n) is 11.9. The standard InChI is InChI=1S/C27H36ClN3O6/c1-16-12-17(2)14-19(13-16)23(24(34)30-22-18(3)8-7-9-20(22)28)31(10-11-32)25(35)21(15-33)29-26(36)37-27(4,5)6/h7-9,12-14,21,23,32-33H,10-11,15H2,1-6H3,(H,29,36)(H,30,34). The topological polar surface area (TPSA) is 128 Å². The highest BCUT2D eigenvalue weighted by Gasteiger charge is 2.36. The lowest BCUT2D eigenvalue weighted by molar-refractivity contribution is -0.142. The van der Waals surface area contributed by atoms with Crippen molar-refractivity contribution in [2.75, 3.05) is 25.1 Å². The van der Waals surface area contributed by atoms with Gasteiger partial charge in [-0.25, -0.2) is 4.79 Å². The number of carbonyl (C=O) groups excluding carboxylic acids is 3. The molecule has 37 heavy (non-hydrogen) atoms. The first kappa shape index (κ1) is 30.1. The van der Waals surface area contributed by atoms with E-state index in [1.807, 2.05) is 19.9 Å². The van der Waals surface area contributed by atoms with Crippen molar-refractivity contribution in [2.45, 2.75) is 59.2 Å². The van der Waals surface area contributed by atoms with Gasteiger partial charge < -0.3 is 30.5 Å². The Bertz CT molecular complexity index is 1090. The fourth-order valence-corrected chi connectivity index (χ4v) is 4.20. The number of hydrogen-bond donors (Lipinski definition) is 4. The van der Waals surface area contributed by atoms with Crippen LogP contribution < -0.4 is 10.6 Å². The first-order valence-corrected chi connectivity index (χ1v) is 12.3. The predicted octanol–water partition coefficient (Wildman–Crippen LogP) is 3.65. The van der Waals surface area contributed by atoms with Gasteiger partial charge in [0.2, 0.25) is 5.91 Å². The largest absolute Gasteiger partial charge is 0.444 e. The van der Waals surface area contributed by atoms with Crippen LogP contribution >= 0.6 is 11.6 Å². The van der Waals surface area contributed by atoms with E-state index in [1.165, 1.54) is 0 Å². The molecule has 0 aliphatic carbocycles. The summed E-state index contributed by atoms with van der Waals surface area (Å²) in [5.41, 5.74) is 2.51. The molecule has 0 fully saturated rings. The second-order valence-electron chi connectivity index (χ2n) is 9.88. The van der Waals surface area contributed by atoms with Crippen LogP contribution in [0.2, 0.25) is 5.02 Å². The molecule has 0 saturated heterocycles. The molecule has 0 spiro atoms. The minimum absolute atomic E-state index is 0.238. The van der Waals surface area contributed by atoms with Crippen molar-refractivity contribution >= 4 is 35.2 Å². The maximum Gasteiger partial charge on any atom is 0.408 e. The minimum Gasteiger partial charge on any atom is -0.444 e. The Morgan fingerprint density at radius 3 is 2.19 bits per heavy atom. The van der Waals surface area contributed by atoms with E-state index in [1.54, 1.807) is 58.0 Å². The number of aliphatic hydroxyl groups is 2. The zero-order valence-corrected chi connectivity index (χ0v) is 22.8. The third kappa shape index (κ3) is 8.45. The van der Waals surface area contributed by atoms with Crippen LogP contribution in [-0.4, -0.2) is 64.4 Å². The molecule has 0 heterocycles. The molecule has 0 bridgehead atoms. The Balaban J connectivity index is 2.53. The Kier molecular flexibility index (Phi) is 10.5. The van der Waals surface area contributed by atoms with Crippen molar-refractivity contribution in [1.82, 2.24) is 10.2 Å². The van der Waals surface area contributed by atoms with Crippen LogP contribution in [0.15, 0.2) is 36.4 Å². The molecule has 2 rings (SSSR count). The molecule has 0 radical (unpaired) electrons. The van der Waals surface area contributed by atoms with E-state index in [9.17, 15) is 24.6 Å². The molecule has 0 aromatic heterocycles. The Labute approximate surface area is 222 Å². The van der Waals surface area contributed by atoms with E-state index in [-0.39, 0.29) is 6.54 Å². The summed E-state index contributed by atoms with van der Waals surface area (Å²) in [5, 5.41) is 25.3. The SMILES string of the molecule is Cc1cc(C)cc(C(C(=O)Nc2c(C)cccc2Cl)N(CCO)C(=O)C(CO)NC(=O)OC(C)(C)C)c1. The number of halogens is 1. The molecule has 0 saturated carbocycles. The summed E-state index contributed by atoms with van der Waals surface area (Å²) in [4.78, 5) is 40.8. The summed E-state index contributed by atoms with van der Waals surface area (Å²) in [6.45, 7) is 9.06. The fourth-order valence-electron chi connectivity index (χ4n) is 3.93. The number of nitrogens with one attached hydrogen (secondary N) is 2. The summed E-state index contributed by atoms with van der Waals surface area (Å²) < 4.78 is 5.21. The fraction of sp³-hybridized carbons (Fsp3) is 0.444. The molecule has 2 atom stereocenters. The second-order valence-corrected chi connectivity index (χ2v) is 10.3. The van der Waals surface area contributed by atoms with Gasteiger partial charge in [0.1, 0.15) is 17.7 Å². The van der Waals surface area contributed by atoms with Crippen molar-refractivity contribution in [3.63, 3.8) is 0 Å². The number of hydrogen-bond acceptors (Lipinski definition) is 6. The Morgan fingerprint density at radius 1 is 1.05 bits per heavy atom. The van der Waals surface area contributed by atoms with Crippen LogP contribution in [0.25, 0.3) is 0 Å². The van der Waals surface area contributed by atoms with Gasteiger partial charge in [-0.15, -0.1) is 0 Å². The number of carbonyl (C=O) groups is 3. The van der Waals surface area contributed by atoms with Crippen LogP contribution in [0.1, 0.15) is 49.1 Å². The van der Waals surface area contributed by atoms with Gasteiger partial charge in [-0.1, -0.05) is 53.1 Å². The minimum atomic E-state index is -1.41. The molecule has 3 amide bonds. The van der Waals surface area contributed by atoms with Gasteiger partial charge in [0.05, 0.1) is 23.9 Å². The smallest absolute Gasteiger partial charge is 0.408 e. The zero-order chi connectivity index (χ0) is 27.9. The van der Waals surface area contributed by atoms with E-state index < -0.39 is 48.8 Å². The summed E-state index contributed by atoms with van der Waals surface area (Å²) >= 11 is 6.33. The van der Waals surface area contributed by atoms with Gasteiger partial charge in [0.25, 0.3) is 5.91 Å². The third-order valence-corrected chi connectivity index (χ3v) is 5.70. The number of benzene rings is 2. The van der Waals surface area contributed by atoms with Gasteiger partial charge in [-0.2, -0.15) is 0 Å². The number of ether oxygens (including phenoxy) is 1. The molecule has 202 valence electrons. The van der Waals surface area contributed by atoms with Gasteiger partial charge in [-0.05, 0) is 58.7 Å². The Morgan fingerprint density at radius 2 is 1.68 bits per heavy atom. The van der Waals surface area contributed by atoms with E-state index in [4.69, 9.17) is 16.3 Å². The van der Waals surface area contributed by atoms with Gasteiger partial charge in [0.15, 0.2) is 0 Å². The van der Waals surface area contributed by atoms with Crippen LogP contribution in [-0.2, 0) is 14.3 Å². The average Bonchev–Trinajstić information content (AvgIpc) is 2.77. The summed E-state index contributed by atoms with van der Waals surface area (Å²) in [7, 11) is 0. The predicted molar refractivity (Wildman–Crippen MR) is 143 cm³/mol. The van der Waals surface area contributed by atoms with Crippen molar-refractivity contribution < 1.29 is 29.3 Å². The highest BCUT2D eigenvalue weighted by atomic mass is 35.5. The number of amides is 3. The maximum atomic E-state index is 13.8. The normalized spacial score (nSPS) is 12.9.